The molecule has 1 aromatic heterocycles. The molecule has 1 aliphatic carbocycles. The average Bonchev–Trinajstić information content (AvgIpc) is 3.85. The van der Waals surface area contributed by atoms with Crippen LogP contribution >= 0.6 is 0 Å². The van der Waals surface area contributed by atoms with Crippen LogP contribution in [0.25, 0.3) is 11.1 Å². The summed E-state index contributed by atoms with van der Waals surface area (Å²) in [6.07, 6.45) is 2.40. The molecule has 4 N–H and O–H groups in total. The smallest absolute Gasteiger partial charge is 0.410 e. The Kier molecular flexibility index (Phi) is 9.51. The molecule has 2 amide bonds. The number of hydrogen-bond donors (Lipinski definition) is 4. The second kappa shape index (κ2) is 13.7. The van der Waals surface area contributed by atoms with E-state index >= 15 is 0 Å². The molecule has 0 bridgehead atoms. The highest BCUT2D eigenvalue weighted by Crippen LogP contribution is 2.49. The first-order valence-corrected chi connectivity index (χ1v) is 15.3. The van der Waals surface area contributed by atoms with Crippen LogP contribution in [0.2, 0.25) is 0 Å². The summed E-state index contributed by atoms with van der Waals surface area (Å²) in [4.78, 5) is 34.2. The molecule has 1 fully saturated rings. The van der Waals surface area contributed by atoms with E-state index in [1.54, 1.807) is 37.4 Å². The Hall–Kier alpha value is -4.81. The van der Waals surface area contributed by atoms with E-state index in [0.717, 1.165) is 24.0 Å². The van der Waals surface area contributed by atoms with E-state index in [9.17, 15) is 18.9 Å². The average molecular weight is 614 g/mol. The third-order valence-corrected chi connectivity index (χ3v) is 8.10. The molecule has 1 saturated carbocycles. The van der Waals surface area contributed by atoms with Gasteiger partial charge in [0, 0.05) is 29.2 Å². The van der Waals surface area contributed by atoms with Crippen molar-refractivity contribution in [1.29, 1.82) is 0 Å². The Morgan fingerprint density at radius 1 is 1.05 bits per heavy atom. The summed E-state index contributed by atoms with van der Waals surface area (Å²) in [5, 5.41) is 19.0. The third-order valence-electron chi connectivity index (χ3n) is 7.13. The second-order valence-corrected chi connectivity index (χ2v) is 11.5. The van der Waals surface area contributed by atoms with Gasteiger partial charge in [0.25, 0.3) is 0 Å². The number of carbonyl (C=O) groups is 2. The summed E-state index contributed by atoms with van der Waals surface area (Å²) in [5.41, 5.74) is 3.28. The fourth-order valence-electron chi connectivity index (χ4n) is 4.64. The normalized spacial score (nSPS) is 14.7. The van der Waals surface area contributed by atoms with Crippen molar-refractivity contribution >= 4 is 45.7 Å². The highest BCUT2D eigenvalue weighted by Gasteiger charge is 2.51. The zero-order valence-corrected chi connectivity index (χ0v) is 25.1. The van der Waals surface area contributed by atoms with Gasteiger partial charge in [-0.2, -0.15) is 4.98 Å². The number of rotatable bonds is 11. The van der Waals surface area contributed by atoms with Crippen LogP contribution in [0.5, 0.6) is 0 Å². The highest BCUT2D eigenvalue weighted by atomic mass is 32.2. The lowest BCUT2D eigenvalue weighted by Crippen LogP contribution is -2.27. The van der Waals surface area contributed by atoms with Crippen molar-refractivity contribution in [3.8, 4) is 11.1 Å². The van der Waals surface area contributed by atoms with Gasteiger partial charge >= 0.3 is 6.09 Å². The highest BCUT2D eigenvalue weighted by molar-refractivity contribution is 7.75. The van der Waals surface area contributed by atoms with E-state index in [2.05, 4.69) is 30.3 Å². The van der Waals surface area contributed by atoms with E-state index in [1.165, 1.54) is 0 Å². The van der Waals surface area contributed by atoms with Crippen molar-refractivity contribution in [1.82, 2.24) is 9.97 Å². The monoisotopic (exact) mass is 613 g/mol. The Morgan fingerprint density at radius 2 is 1.80 bits per heavy atom. The van der Waals surface area contributed by atoms with E-state index in [-0.39, 0.29) is 31.1 Å². The number of nitrogens with one attached hydrogen (secondary N) is 3. The molecule has 12 heteroatoms. The number of nitrogens with zero attached hydrogens (tertiary/aromatic N) is 3. The largest absolute Gasteiger partial charge is 0.450 e. The standard InChI is InChI=1S/C32H33N6O5S/c1-3-43-31(41)38-44(42)26-11-7-10-25(18-26)36-30-33-19-27(28(37-30)34-21(2)20-39)22-12-14-24(15-13-22)35-29(40)32(16-17-32)23-8-5-4-6-9-23/h4-15,18-19,21,39H,3,16-17,20H2,1-2H3,(H,35,40)(H2,33,34,36,37)/q-1. The third kappa shape index (κ3) is 7.21. The van der Waals surface area contributed by atoms with Crippen molar-refractivity contribution in [3.63, 3.8) is 0 Å². The van der Waals surface area contributed by atoms with Gasteiger partial charge in [-0.15, -0.1) is 10.6 Å². The van der Waals surface area contributed by atoms with E-state index in [4.69, 9.17) is 4.74 Å². The lowest BCUT2D eigenvalue weighted by molar-refractivity contribution is -0.118. The van der Waals surface area contributed by atoms with Crippen molar-refractivity contribution in [2.45, 2.75) is 43.0 Å². The maximum atomic E-state index is 13.2. The van der Waals surface area contributed by atoms with Gasteiger partial charge in [-0.25, -0.2) is 9.78 Å². The Labute approximate surface area is 257 Å². The number of ether oxygens (including phenoxy) is 1. The first-order valence-electron chi connectivity index (χ1n) is 14.2. The molecule has 1 atom stereocenters. The van der Waals surface area contributed by atoms with Crippen molar-refractivity contribution in [2.24, 2.45) is 4.36 Å². The van der Waals surface area contributed by atoms with E-state index < -0.39 is 22.1 Å². The topological polar surface area (TPSA) is 155 Å². The van der Waals surface area contributed by atoms with Crippen LogP contribution in [0.4, 0.5) is 27.9 Å². The number of aliphatic hydroxyl groups is 1. The van der Waals surface area contributed by atoms with Gasteiger partial charge in [0.05, 0.1) is 18.6 Å². The van der Waals surface area contributed by atoms with Gasteiger partial charge in [-0.3, -0.25) is 9.16 Å². The van der Waals surface area contributed by atoms with Gasteiger partial charge < -0.3 is 30.0 Å². The van der Waals surface area contributed by atoms with Crippen LogP contribution in [0.1, 0.15) is 32.3 Å². The van der Waals surface area contributed by atoms with Gasteiger partial charge in [0.15, 0.2) is 0 Å². The van der Waals surface area contributed by atoms with Gasteiger partial charge in [-0.1, -0.05) is 65.6 Å². The molecule has 0 aliphatic heterocycles. The molecule has 1 unspecified atom stereocenters. The predicted octanol–water partition coefficient (Wildman–Crippen LogP) is 6.01. The summed E-state index contributed by atoms with van der Waals surface area (Å²) in [5.74, 6) is 0.724. The molecular weight excluding hydrogens is 580 g/mol. The van der Waals surface area contributed by atoms with Crippen LogP contribution in [0.15, 0.2) is 94.3 Å². The number of aromatic nitrogens is 2. The number of benzene rings is 3. The SMILES string of the molecule is CCOC(=O)N=[S-](=O)c1cccc(Nc2ncc(-c3ccc(NC(=O)C4(c5ccccc5)CC4)cc3)c(NC(C)CO)n2)c1. The van der Waals surface area contributed by atoms with Gasteiger partial charge in [0.2, 0.25) is 11.9 Å². The summed E-state index contributed by atoms with van der Waals surface area (Å²) in [7, 11) is -1.94. The Morgan fingerprint density at radius 3 is 2.48 bits per heavy atom. The minimum Gasteiger partial charge on any atom is -0.450 e. The fraction of sp³-hybridized carbons (Fsp3) is 0.250. The number of carbonyl (C=O) groups excluding carboxylic acids is 2. The predicted molar refractivity (Wildman–Crippen MR) is 169 cm³/mol. The maximum Gasteiger partial charge on any atom is 0.410 e. The van der Waals surface area contributed by atoms with Crippen molar-refractivity contribution < 1.29 is 23.6 Å². The summed E-state index contributed by atoms with van der Waals surface area (Å²) in [6.45, 7) is 3.49. The minimum atomic E-state index is -1.94. The molecule has 1 heterocycles. The summed E-state index contributed by atoms with van der Waals surface area (Å²) >= 11 is 0. The second-order valence-electron chi connectivity index (χ2n) is 10.4. The molecular formula is C32H33N6O5S-. The van der Waals surface area contributed by atoms with E-state index in [1.807, 2.05) is 61.5 Å². The summed E-state index contributed by atoms with van der Waals surface area (Å²) < 4.78 is 20.7. The van der Waals surface area contributed by atoms with Crippen LogP contribution in [-0.2, 0) is 29.8 Å². The molecule has 1 aliphatic rings. The molecule has 4 aromatic rings. The maximum absolute atomic E-state index is 13.2. The Bertz CT molecular complexity index is 1720. The van der Waals surface area contributed by atoms with E-state index in [0.29, 0.717) is 27.7 Å². The number of amides is 2. The molecule has 3 aromatic carbocycles. The lowest BCUT2D eigenvalue weighted by atomic mass is 9.95. The van der Waals surface area contributed by atoms with Crippen molar-refractivity contribution in [2.75, 3.05) is 29.2 Å². The lowest BCUT2D eigenvalue weighted by Gasteiger charge is -2.18. The number of aliphatic hydroxyl groups excluding tert-OH is 1. The fourth-order valence-corrected chi connectivity index (χ4v) is 5.35. The zero-order chi connectivity index (χ0) is 31.1. The van der Waals surface area contributed by atoms with Crippen LogP contribution in [-0.4, -0.2) is 46.3 Å². The molecule has 0 radical (unpaired) electrons. The molecule has 0 saturated heterocycles. The summed E-state index contributed by atoms with van der Waals surface area (Å²) in [6, 6.07) is 23.6. The molecule has 228 valence electrons. The molecule has 0 spiro atoms. The van der Waals surface area contributed by atoms with Crippen molar-refractivity contribution in [3.05, 3.63) is 90.6 Å². The first kappa shape index (κ1) is 30.6. The quantitative estimate of drug-likeness (QED) is 0.149. The van der Waals surface area contributed by atoms with Crippen LogP contribution in [0.3, 0.4) is 0 Å². The van der Waals surface area contributed by atoms with Gasteiger partial charge in [-0.05, 0) is 56.0 Å². The van der Waals surface area contributed by atoms with Crippen LogP contribution in [0, 0.1) is 0 Å². The Balaban J connectivity index is 1.34. The molecule has 5 rings (SSSR count). The first-order chi connectivity index (χ1) is 21.3. The molecule has 44 heavy (non-hydrogen) atoms. The zero-order valence-electron chi connectivity index (χ0n) is 24.3. The number of hydrogen-bond acceptors (Lipinski definition) is 10. The van der Waals surface area contributed by atoms with Crippen LogP contribution < -0.4 is 16.0 Å². The molecule has 11 nitrogen and oxygen atoms in total. The number of anilines is 4. The minimum absolute atomic E-state index is 0.0168. The van der Waals surface area contributed by atoms with Gasteiger partial charge in [0.1, 0.15) is 5.82 Å².